The van der Waals surface area contributed by atoms with Crippen LogP contribution in [0.1, 0.15) is 38.1 Å². The first-order valence-electron chi connectivity index (χ1n) is 15.0. The summed E-state index contributed by atoms with van der Waals surface area (Å²) in [5.74, 6) is 1.48. The molecule has 5 rings (SSSR count). The van der Waals surface area contributed by atoms with E-state index < -0.39 is 0 Å². The Morgan fingerprint density at radius 3 is 2.58 bits per heavy atom. The van der Waals surface area contributed by atoms with Crippen LogP contribution in [0.15, 0.2) is 77.9 Å². The van der Waals surface area contributed by atoms with Crippen LogP contribution >= 0.6 is 11.3 Å². The maximum atomic E-state index is 12.7. The van der Waals surface area contributed by atoms with Gasteiger partial charge < -0.3 is 30.7 Å². The molecule has 228 valence electrons. The molecule has 0 spiro atoms. The van der Waals surface area contributed by atoms with E-state index in [0.29, 0.717) is 17.4 Å². The van der Waals surface area contributed by atoms with Gasteiger partial charge in [0.1, 0.15) is 11.8 Å². The van der Waals surface area contributed by atoms with Crippen molar-refractivity contribution in [2.75, 3.05) is 64.8 Å². The van der Waals surface area contributed by atoms with Gasteiger partial charge in [-0.15, -0.1) is 11.3 Å². The predicted octanol–water partition coefficient (Wildman–Crippen LogP) is 3.90. The van der Waals surface area contributed by atoms with E-state index in [0.717, 1.165) is 74.8 Å². The van der Waals surface area contributed by atoms with Gasteiger partial charge in [-0.25, -0.2) is 4.99 Å². The number of methoxy groups -OCH3 is 1. The number of benzene rings is 2. The van der Waals surface area contributed by atoms with E-state index in [-0.39, 0.29) is 18.6 Å². The molecule has 1 unspecified atom stereocenters. The summed E-state index contributed by atoms with van der Waals surface area (Å²) in [6.45, 7) is 6.84. The fraction of sp³-hybridized carbons (Fsp3) is 0.394. The first-order chi connectivity index (χ1) is 21.1. The Morgan fingerprint density at radius 1 is 1.02 bits per heavy atom. The minimum Gasteiger partial charge on any atom is -0.497 e. The quantitative estimate of drug-likeness (QED) is 0.220. The Morgan fingerprint density at radius 2 is 1.81 bits per heavy atom. The molecule has 10 heteroatoms. The SMILES string of the molecule is COc1cccc(CCCNC(=O)c2ccc(C3C=CNC(Nc4ccc(CCN5CCN(CCO)CC5)cc4)=N3)s2)c1. The molecule has 3 aromatic rings. The summed E-state index contributed by atoms with van der Waals surface area (Å²) in [5, 5.41) is 18.7. The van der Waals surface area contributed by atoms with Crippen LogP contribution in [0, 0.1) is 0 Å². The van der Waals surface area contributed by atoms with Gasteiger partial charge in [-0.05, 0) is 72.9 Å². The largest absolute Gasteiger partial charge is 0.497 e. The summed E-state index contributed by atoms with van der Waals surface area (Å²) in [6, 6.07) is 20.3. The molecule has 4 N–H and O–H groups in total. The monoisotopic (exact) mass is 602 g/mol. The summed E-state index contributed by atoms with van der Waals surface area (Å²) in [4.78, 5) is 24.1. The Labute approximate surface area is 258 Å². The number of nitrogens with one attached hydrogen (secondary N) is 3. The molecule has 1 saturated heterocycles. The number of nitrogens with zero attached hydrogens (tertiary/aromatic N) is 3. The number of piperazine rings is 1. The second-order valence-electron chi connectivity index (χ2n) is 10.8. The van der Waals surface area contributed by atoms with Crippen molar-refractivity contribution in [3.8, 4) is 5.75 Å². The molecule has 0 saturated carbocycles. The maximum absolute atomic E-state index is 12.7. The number of aliphatic imine (C=N–C) groups is 1. The van der Waals surface area contributed by atoms with Crippen molar-refractivity contribution in [3.63, 3.8) is 0 Å². The third kappa shape index (κ3) is 9.14. The minimum absolute atomic E-state index is 0.0498. The number of rotatable bonds is 13. The average Bonchev–Trinajstić information content (AvgIpc) is 3.55. The Bertz CT molecular complexity index is 1380. The van der Waals surface area contributed by atoms with Crippen LogP contribution in [0.5, 0.6) is 5.75 Å². The molecular weight excluding hydrogens is 560 g/mol. The van der Waals surface area contributed by atoms with E-state index in [1.165, 1.54) is 22.5 Å². The minimum atomic E-state index is -0.152. The summed E-state index contributed by atoms with van der Waals surface area (Å²) >= 11 is 1.48. The van der Waals surface area contributed by atoms with E-state index in [1.54, 1.807) is 7.11 Å². The molecule has 9 nitrogen and oxygen atoms in total. The molecule has 0 radical (unpaired) electrons. The van der Waals surface area contributed by atoms with Gasteiger partial charge >= 0.3 is 0 Å². The number of β-amino-alcohol motifs (C(OH)–C–C–N with tert-alkyl or cyclic N) is 1. The van der Waals surface area contributed by atoms with Crippen molar-refractivity contribution in [2.45, 2.75) is 25.3 Å². The Kier molecular flexibility index (Phi) is 11.2. The highest BCUT2D eigenvalue weighted by molar-refractivity contribution is 7.14. The fourth-order valence-corrected chi connectivity index (χ4v) is 6.21. The lowest BCUT2D eigenvalue weighted by atomic mass is 10.1. The van der Waals surface area contributed by atoms with Gasteiger partial charge in [0.25, 0.3) is 5.91 Å². The number of guanidine groups is 1. The summed E-state index contributed by atoms with van der Waals surface area (Å²) in [6.07, 6.45) is 6.65. The topological polar surface area (TPSA) is 101 Å². The van der Waals surface area contributed by atoms with Crippen molar-refractivity contribution in [2.24, 2.45) is 4.99 Å². The highest BCUT2D eigenvalue weighted by Gasteiger charge is 2.18. The number of hydrogen-bond donors (Lipinski definition) is 4. The number of hydrogen-bond acceptors (Lipinski definition) is 9. The summed E-state index contributed by atoms with van der Waals surface area (Å²) in [7, 11) is 1.67. The van der Waals surface area contributed by atoms with E-state index in [2.05, 4.69) is 56.1 Å². The lowest BCUT2D eigenvalue weighted by Gasteiger charge is -2.34. The van der Waals surface area contributed by atoms with Crippen LogP contribution in [0.25, 0.3) is 0 Å². The van der Waals surface area contributed by atoms with Crippen LogP contribution in [0.2, 0.25) is 0 Å². The third-order valence-corrected chi connectivity index (χ3v) is 8.94. The molecule has 1 aromatic heterocycles. The van der Waals surface area contributed by atoms with Gasteiger partial charge in [0.15, 0.2) is 0 Å². The average molecular weight is 603 g/mol. The summed E-state index contributed by atoms with van der Waals surface area (Å²) in [5.41, 5.74) is 3.48. The number of ether oxygens (including phenoxy) is 1. The first kappa shape index (κ1) is 30.7. The van der Waals surface area contributed by atoms with E-state index in [1.807, 2.05) is 42.6 Å². The van der Waals surface area contributed by atoms with Crippen molar-refractivity contribution in [3.05, 3.63) is 93.8 Å². The number of aryl methyl sites for hydroxylation is 1. The number of amides is 1. The van der Waals surface area contributed by atoms with Crippen LogP contribution in [-0.4, -0.2) is 86.3 Å². The van der Waals surface area contributed by atoms with Gasteiger partial charge in [-0.1, -0.05) is 24.3 Å². The molecule has 43 heavy (non-hydrogen) atoms. The van der Waals surface area contributed by atoms with Gasteiger partial charge in [0.2, 0.25) is 5.96 Å². The van der Waals surface area contributed by atoms with E-state index in [9.17, 15) is 4.79 Å². The van der Waals surface area contributed by atoms with Crippen LogP contribution < -0.4 is 20.7 Å². The standard InChI is InChI=1S/C33H42N6O3S/c1-42-28-6-2-4-26(24-28)5-3-15-34-32(41)31-12-11-30(43-31)29-13-16-35-33(37-29)36-27-9-7-25(8-10-27)14-17-38-18-20-39(21-19-38)22-23-40/h2,4,6-13,16,24,29,40H,3,5,14-15,17-23H2,1H3,(H,34,41)(H2,35,36,37). The molecule has 1 amide bonds. The van der Waals surface area contributed by atoms with Crippen molar-refractivity contribution in [1.29, 1.82) is 0 Å². The smallest absolute Gasteiger partial charge is 0.261 e. The number of carbonyl (C=O) groups excluding carboxylic acids is 1. The number of carbonyl (C=O) groups is 1. The molecule has 2 aliphatic heterocycles. The zero-order valence-corrected chi connectivity index (χ0v) is 25.6. The third-order valence-electron chi connectivity index (χ3n) is 7.79. The van der Waals surface area contributed by atoms with E-state index in [4.69, 9.17) is 14.8 Å². The molecular formula is C33H42N6O3S. The fourth-order valence-electron chi connectivity index (χ4n) is 5.26. The molecule has 1 atom stereocenters. The first-order valence-corrected chi connectivity index (χ1v) is 15.8. The Balaban J connectivity index is 1.06. The molecule has 2 aliphatic rings. The molecule has 0 bridgehead atoms. The van der Waals surface area contributed by atoms with Crippen LogP contribution in [0.4, 0.5) is 5.69 Å². The number of aliphatic hydroxyl groups is 1. The highest BCUT2D eigenvalue weighted by atomic mass is 32.1. The van der Waals surface area contributed by atoms with Gasteiger partial charge in [-0.3, -0.25) is 9.69 Å². The van der Waals surface area contributed by atoms with E-state index >= 15 is 0 Å². The Hall–Kier alpha value is -3.70. The lowest BCUT2D eigenvalue weighted by molar-refractivity contribution is 0.0957. The van der Waals surface area contributed by atoms with Crippen LogP contribution in [-0.2, 0) is 12.8 Å². The number of thiophene rings is 1. The second-order valence-corrected chi connectivity index (χ2v) is 11.9. The highest BCUT2D eigenvalue weighted by Crippen LogP contribution is 2.28. The predicted molar refractivity (Wildman–Crippen MR) is 174 cm³/mol. The molecule has 0 aliphatic carbocycles. The normalized spacial score (nSPS) is 17.3. The molecule has 2 aromatic carbocycles. The summed E-state index contributed by atoms with van der Waals surface area (Å²) < 4.78 is 5.29. The molecule has 1 fully saturated rings. The lowest BCUT2D eigenvalue weighted by Crippen LogP contribution is -2.47. The number of aliphatic hydroxyl groups excluding tert-OH is 1. The van der Waals surface area contributed by atoms with Gasteiger partial charge in [-0.2, -0.15) is 0 Å². The maximum Gasteiger partial charge on any atom is 0.261 e. The van der Waals surface area contributed by atoms with Crippen LogP contribution in [0.3, 0.4) is 0 Å². The van der Waals surface area contributed by atoms with Crippen molar-refractivity contribution < 1.29 is 14.6 Å². The van der Waals surface area contributed by atoms with Crippen molar-refractivity contribution >= 4 is 28.9 Å². The second kappa shape index (κ2) is 15.7. The van der Waals surface area contributed by atoms with Gasteiger partial charge in [0, 0.05) is 62.6 Å². The zero-order valence-electron chi connectivity index (χ0n) is 24.8. The number of anilines is 1. The molecule has 3 heterocycles. The van der Waals surface area contributed by atoms with Gasteiger partial charge in [0.05, 0.1) is 18.6 Å². The van der Waals surface area contributed by atoms with Crippen molar-refractivity contribution in [1.82, 2.24) is 20.4 Å². The zero-order chi connectivity index (χ0) is 29.9.